The molecule has 1 saturated heterocycles. The van der Waals surface area contributed by atoms with E-state index >= 15 is 0 Å². The quantitative estimate of drug-likeness (QED) is 0.796. The Morgan fingerprint density at radius 3 is 2.37 bits per heavy atom. The summed E-state index contributed by atoms with van der Waals surface area (Å²) in [5.74, 6) is -0.00162. The lowest BCUT2D eigenvalue weighted by atomic mass is 9.98. The second-order valence-corrected chi connectivity index (χ2v) is 7.09. The summed E-state index contributed by atoms with van der Waals surface area (Å²) in [7, 11) is 0. The van der Waals surface area contributed by atoms with Gasteiger partial charge < -0.3 is 9.64 Å². The summed E-state index contributed by atoms with van der Waals surface area (Å²) in [6.45, 7) is 9.20. The Kier molecular flexibility index (Phi) is 3.71. The van der Waals surface area contributed by atoms with E-state index in [4.69, 9.17) is 4.74 Å². The normalized spacial score (nSPS) is 21.2. The molecule has 0 saturated carbocycles. The molecular weight excluding hydrogens is 308 g/mol. The molecule has 4 nitrogen and oxygen atoms in total. The first-order chi connectivity index (χ1) is 8.69. The van der Waals surface area contributed by atoms with E-state index in [2.05, 4.69) is 20.9 Å². The molecule has 1 aliphatic rings. The van der Waals surface area contributed by atoms with Gasteiger partial charge in [-0.05, 0) is 49.7 Å². The zero-order chi connectivity index (χ0) is 14.3. The van der Waals surface area contributed by atoms with Gasteiger partial charge in [-0.2, -0.15) is 0 Å². The molecule has 1 fully saturated rings. The number of aromatic nitrogens is 1. The van der Waals surface area contributed by atoms with Crippen molar-refractivity contribution in [3.05, 3.63) is 28.5 Å². The minimum absolute atomic E-state index is 0.00162. The molecule has 5 heteroatoms. The summed E-state index contributed by atoms with van der Waals surface area (Å²) in [6, 6.07) is 1.80. The molecular formula is C14H19BrN2O2. The van der Waals surface area contributed by atoms with Gasteiger partial charge in [0.1, 0.15) is 0 Å². The number of ether oxygens (including phenoxy) is 1. The molecule has 0 aromatic carbocycles. The van der Waals surface area contributed by atoms with Crippen molar-refractivity contribution in [1.29, 1.82) is 0 Å². The van der Waals surface area contributed by atoms with E-state index in [0.29, 0.717) is 18.7 Å². The number of carbonyl (C=O) groups excluding carboxylic acids is 1. The fourth-order valence-corrected chi connectivity index (χ4v) is 3.01. The van der Waals surface area contributed by atoms with E-state index in [9.17, 15) is 4.79 Å². The number of pyridine rings is 1. The third-order valence-electron chi connectivity index (χ3n) is 2.93. The van der Waals surface area contributed by atoms with Gasteiger partial charge in [0.15, 0.2) is 0 Å². The Labute approximate surface area is 122 Å². The standard InChI is InChI=1S/C14H19BrN2O2/c1-13(2)8-17(9-14(3,4)19-13)12(18)10-5-11(15)7-16-6-10/h5-7H,8-9H2,1-4H3. The number of rotatable bonds is 1. The Hall–Kier alpha value is -0.940. The van der Waals surface area contributed by atoms with Crippen LogP contribution in [0.5, 0.6) is 0 Å². The van der Waals surface area contributed by atoms with Gasteiger partial charge >= 0.3 is 0 Å². The molecule has 0 atom stereocenters. The summed E-state index contributed by atoms with van der Waals surface area (Å²) in [5.41, 5.74) is -0.0730. The van der Waals surface area contributed by atoms with Crippen LogP contribution in [0.3, 0.4) is 0 Å². The molecule has 1 amide bonds. The van der Waals surface area contributed by atoms with Crippen LogP contribution < -0.4 is 0 Å². The molecule has 19 heavy (non-hydrogen) atoms. The average molecular weight is 327 g/mol. The van der Waals surface area contributed by atoms with E-state index in [1.807, 2.05) is 32.6 Å². The Balaban J connectivity index is 2.24. The monoisotopic (exact) mass is 326 g/mol. The highest BCUT2D eigenvalue weighted by Crippen LogP contribution is 2.29. The minimum Gasteiger partial charge on any atom is -0.366 e. The van der Waals surface area contributed by atoms with E-state index in [1.54, 1.807) is 18.5 Å². The number of hydrogen-bond acceptors (Lipinski definition) is 3. The Morgan fingerprint density at radius 2 is 1.84 bits per heavy atom. The molecule has 1 aromatic heterocycles. The summed E-state index contributed by atoms with van der Waals surface area (Å²) >= 11 is 3.34. The predicted molar refractivity (Wildman–Crippen MR) is 77.1 cm³/mol. The van der Waals surface area contributed by atoms with Gasteiger partial charge in [0, 0.05) is 30.0 Å². The highest BCUT2D eigenvalue weighted by atomic mass is 79.9. The fourth-order valence-electron chi connectivity index (χ4n) is 2.64. The number of morpholine rings is 1. The summed E-state index contributed by atoms with van der Waals surface area (Å²) in [4.78, 5) is 18.4. The highest BCUT2D eigenvalue weighted by molar-refractivity contribution is 9.10. The van der Waals surface area contributed by atoms with Crippen molar-refractivity contribution in [2.45, 2.75) is 38.9 Å². The number of carbonyl (C=O) groups is 1. The molecule has 0 bridgehead atoms. The smallest absolute Gasteiger partial charge is 0.255 e. The van der Waals surface area contributed by atoms with Crippen molar-refractivity contribution in [3.63, 3.8) is 0 Å². The molecule has 0 unspecified atom stereocenters. The van der Waals surface area contributed by atoms with Gasteiger partial charge in [0.25, 0.3) is 5.91 Å². The largest absolute Gasteiger partial charge is 0.366 e. The van der Waals surface area contributed by atoms with Gasteiger partial charge in [-0.25, -0.2) is 0 Å². The van der Waals surface area contributed by atoms with Crippen LogP contribution in [-0.4, -0.2) is 40.1 Å². The first kappa shape index (κ1) is 14.5. The van der Waals surface area contributed by atoms with Crippen molar-refractivity contribution in [2.75, 3.05) is 13.1 Å². The van der Waals surface area contributed by atoms with Gasteiger partial charge in [-0.15, -0.1) is 0 Å². The fraction of sp³-hybridized carbons (Fsp3) is 0.571. The highest BCUT2D eigenvalue weighted by Gasteiger charge is 2.40. The van der Waals surface area contributed by atoms with E-state index in [1.165, 1.54) is 0 Å². The first-order valence-corrected chi connectivity index (χ1v) is 7.08. The number of nitrogens with zero attached hydrogens (tertiary/aromatic N) is 2. The molecule has 1 aliphatic heterocycles. The first-order valence-electron chi connectivity index (χ1n) is 6.29. The van der Waals surface area contributed by atoms with Crippen LogP contribution in [-0.2, 0) is 4.74 Å². The topological polar surface area (TPSA) is 42.4 Å². The molecule has 0 spiro atoms. The Morgan fingerprint density at radius 1 is 1.26 bits per heavy atom. The second kappa shape index (κ2) is 4.87. The lowest BCUT2D eigenvalue weighted by Gasteiger charge is -2.47. The van der Waals surface area contributed by atoms with Crippen molar-refractivity contribution in [1.82, 2.24) is 9.88 Å². The van der Waals surface area contributed by atoms with Crippen LogP contribution in [0.1, 0.15) is 38.1 Å². The maximum absolute atomic E-state index is 12.5. The zero-order valence-electron chi connectivity index (χ0n) is 11.7. The molecule has 1 aromatic rings. The maximum Gasteiger partial charge on any atom is 0.255 e. The van der Waals surface area contributed by atoms with Crippen molar-refractivity contribution in [2.24, 2.45) is 0 Å². The predicted octanol–water partition coefficient (Wildman–Crippen LogP) is 2.87. The van der Waals surface area contributed by atoms with Crippen molar-refractivity contribution < 1.29 is 9.53 Å². The van der Waals surface area contributed by atoms with Crippen LogP contribution in [0.25, 0.3) is 0 Å². The lowest BCUT2D eigenvalue weighted by molar-refractivity contribution is -0.171. The lowest BCUT2D eigenvalue weighted by Crippen LogP contribution is -2.58. The van der Waals surface area contributed by atoms with Crippen LogP contribution in [0.15, 0.2) is 22.9 Å². The van der Waals surface area contributed by atoms with Crippen LogP contribution in [0.4, 0.5) is 0 Å². The molecule has 2 heterocycles. The third kappa shape index (κ3) is 3.54. The number of halogens is 1. The van der Waals surface area contributed by atoms with Crippen molar-refractivity contribution in [3.8, 4) is 0 Å². The van der Waals surface area contributed by atoms with E-state index in [-0.39, 0.29) is 17.1 Å². The summed E-state index contributed by atoms with van der Waals surface area (Å²) < 4.78 is 6.79. The van der Waals surface area contributed by atoms with E-state index in [0.717, 1.165) is 4.47 Å². The van der Waals surface area contributed by atoms with Crippen LogP contribution in [0, 0.1) is 0 Å². The van der Waals surface area contributed by atoms with Gasteiger partial charge in [-0.1, -0.05) is 0 Å². The number of amides is 1. The molecule has 0 radical (unpaired) electrons. The minimum atomic E-state index is -0.336. The van der Waals surface area contributed by atoms with Gasteiger partial charge in [0.2, 0.25) is 0 Å². The summed E-state index contributed by atoms with van der Waals surface area (Å²) in [5, 5.41) is 0. The molecule has 0 aliphatic carbocycles. The van der Waals surface area contributed by atoms with Crippen LogP contribution >= 0.6 is 15.9 Å². The van der Waals surface area contributed by atoms with Crippen molar-refractivity contribution >= 4 is 21.8 Å². The zero-order valence-corrected chi connectivity index (χ0v) is 13.3. The summed E-state index contributed by atoms with van der Waals surface area (Å²) in [6.07, 6.45) is 3.27. The van der Waals surface area contributed by atoms with Crippen LogP contribution in [0.2, 0.25) is 0 Å². The van der Waals surface area contributed by atoms with Gasteiger partial charge in [0.05, 0.1) is 16.8 Å². The van der Waals surface area contributed by atoms with E-state index < -0.39 is 0 Å². The SMILES string of the molecule is CC1(C)CN(C(=O)c2cncc(Br)c2)CC(C)(C)O1. The third-order valence-corrected chi connectivity index (χ3v) is 3.37. The maximum atomic E-state index is 12.5. The molecule has 2 rings (SSSR count). The number of hydrogen-bond donors (Lipinski definition) is 0. The van der Waals surface area contributed by atoms with Gasteiger partial charge in [-0.3, -0.25) is 9.78 Å². The Bertz CT molecular complexity index is 484. The second-order valence-electron chi connectivity index (χ2n) is 6.17. The molecule has 104 valence electrons. The molecule has 0 N–H and O–H groups in total. The average Bonchev–Trinajstić information content (AvgIpc) is 2.23.